The highest BCUT2D eigenvalue weighted by atomic mass is 35.5. The topological polar surface area (TPSA) is 38.1 Å². The highest BCUT2D eigenvalue weighted by Gasteiger charge is 2.19. The molecule has 108 valence electrons. The van der Waals surface area contributed by atoms with E-state index in [4.69, 9.17) is 16.1 Å². The maximum atomic E-state index is 6.08. The van der Waals surface area contributed by atoms with Crippen molar-refractivity contribution in [3.8, 4) is 0 Å². The number of halogens is 1. The van der Waals surface area contributed by atoms with Crippen molar-refractivity contribution in [1.29, 1.82) is 0 Å². The molecule has 4 heteroatoms. The van der Waals surface area contributed by atoms with Crippen LogP contribution in [0.4, 0.5) is 0 Å². The number of rotatable bonds is 5. The Bertz CT molecular complexity index is 560. The summed E-state index contributed by atoms with van der Waals surface area (Å²) in [7, 11) is 0. The van der Waals surface area contributed by atoms with Crippen LogP contribution in [0.25, 0.3) is 0 Å². The molecule has 0 bridgehead atoms. The van der Waals surface area contributed by atoms with Crippen LogP contribution in [0.1, 0.15) is 54.9 Å². The lowest BCUT2D eigenvalue weighted by Gasteiger charge is -2.23. The van der Waals surface area contributed by atoms with Gasteiger partial charge >= 0.3 is 0 Å². The first-order valence-corrected chi connectivity index (χ1v) is 7.35. The lowest BCUT2D eigenvalue weighted by atomic mass is 10.0. The van der Waals surface area contributed by atoms with E-state index < -0.39 is 0 Å². The summed E-state index contributed by atoms with van der Waals surface area (Å²) in [5.41, 5.74) is 3.30. The van der Waals surface area contributed by atoms with Crippen LogP contribution >= 0.6 is 11.6 Å². The number of benzene rings is 1. The van der Waals surface area contributed by atoms with E-state index in [1.54, 1.807) is 0 Å². The molecule has 0 fully saturated rings. The summed E-state index contributed by atoms with van der Waals surface area (Å²) in [5.74, 6) is 0.878. The molecule has 0 saturated carbocycles. The van der Waals surface area contributed by atoms with Crippen molar-refractivity contribution in [2.75, 3.05) is 0 Å². The molecule has 2 aromatic rings. The van der Waals surface area contributed by atoms with Gasteiger partial charge in [-0.2, -0.15) is 0 Å². The molecule has 0 amide bonds. The summed E-state index contributed by atoms with van der Waals surface area (Å²) in [6.07, 6.45) is 0.994. The van der Waals surface area contributed by atoms with E-state index in [0.717, 1.165) is 28.5 Å². The van der Waals surface area contributed by atoms with Crippen LogP contribution in [0.3, 0.4) is 0 Å². The average molecular weight is 293 g/mol. The minimum Gasteiger partial charge on any atom is -0.361 e. The number of aromatic nitrogens is 1. The van der Waals surface area contributed by atoms with Gasteiger partial charge in [-0.25, -0.2) is 0 Å². The summed E-state index contributed by atoms with van der Waals surface area (Å²) < 4.78 is 5.25. The van der Waals surface area contributed by atoms with Gasteiger partial charge in [0.1, 0.15) is 5.76 Å². The molecule has 20 heavy (non-hydrogen) atoms. The van der Waals surface area contributed by atoms with Crippen LogP contribution in [0.5, 0.6) is 0 Å². The Hall–Kier alpha value is -1.32. The second-order valence-corrected chi connectivity index (χ2v) is 5.58. The Labute approximate surface area is 125 Å². The fourth-order valence-corrected chi connectivity index (χ4v) is 2.87. The zero-order valence-corrected chi connectivity index (χ0v) is 13.2. The van der Waals surface area contributed by atoms with Crippen molar-refractivity contribution < 1.29 is 4.52 Å². The third-order valence-electron chi connectivity index (χ3n) is 3.63. The molecule has 0 aliphatic carbocycles. The Morgan fingerprint density at radius 2 is 2.10 bits per heavy atom. The smallest absolute Gasteiger partial charge is 0.138 e. The van der Waals surface area contributed by atoms with Crippen LogP contribution in [-0.2, 0) is 0 Å². The molecule has 0 aliphatic rings. The van der Waals surface area contributed by atoms with Gasteiger partial charge in [0.2, 0.25) is 0 Å². The van der Waals surface area contributed by atoms with Crippen LogP contribution in [0.15, 0.2) is 28.8 Å². The largest absolute Gasteiger partial charge is 0.361 e. The molecule has 0 aliphatic heterocycles. The van der Waals surface area contributed by atoms with Crippen LogP contribution in [-0.4, -0.2) is 5.16 Å². The first kappa shape index (κ1) is 15.1. The number of hydrogen-bond donors (Lipinski definition) is 1. The van der Waals surface area contributed by atoms with Crippen molar-refractivity contribution in [3.63, 3.8) is 0 Å². The Morgan fingerprint density at radius 3 is 2.65 bits per heavy atom. The summed E-state index contributed by atoms with van der Waals surface area (Å²) >= 11 is 6.08. The third-order valence-corrected chi connectivity index (χ3v) is 3.87. The number of hydrogen-bond acceptors (Lipinski definition) is 3. The van der Waals surface area contributed by atoms with Crippen LogP contribution in [0, 0.1) is 13.8 Å². The molecule has 1 heterocycles. The zero-order valence-electron chi connectivity index (χ0n) is 12.4. The van der Waals surface area contributed by atoms with Gasteiger partial charge in [-0.3, -0.25) is 0 Å². The highest BCUT2D eigenvalue weighted by molar-refractivity contribution is 6.30. The Balaban J connectivity index is 2.18. The van der Waals surface area contributed by atoms with E-state index in [1.165, 1.54) is 5.56 Å². The fourth-order valence-electron chi connectivity index (χ4n) is 2.67. The molecule has 2 rings (SSSR count). The highest BCUT2D eigenvalue weighted by Crippen LogP contribution is 2.27. The molecular formula is C16H21ClN2O. The summed E-state index contributed by atoms with van der Waals surface area (Å²) in [6.45, 7) is 8.23. The summed E-state index contributed by atoms with van der Waals surface area (Å²) in [4.78, 5) is 0. The normalized spacial score (nSPS) is 14.2. The number of nitrogens with zero attached hydrogens (tertiary/aromatic N) is 1. The Kier molecular flexibility index (Phi) is 4.84. The molecule has 1 aromatic heterocycles. The fraction of sp³-hybridized carbons (Fsp3) is 0.438. The first-order valence-electron chi connectivity index (χ1n) is 6.97. The summed E-state index contributed by atoms with van der Waals surface area (Å²) in [5, 5.41) is 8.43. The molecule has 0 radical (unpaired) electrons. The standard InChI is InChI=1S/C16H21ClN2O/c1-5-15(13-7-6-8-14(17)9-13)18-10(2)16-11(3)19-20-12(16)4/h6-10,15,18H,5H2,1-4H3. The molecule has 1 N–H and O–H groups in total. The predicted octanol–water partition coefficient (Wildman–Crippen LogP) is 4.75. The minimum atomic E-state index is 0.185. The predicted molar refractivity (Wildman–Crippen MR) is 82.0 cm³/mol. The van der Waals surface area contributed by atoms with Gasteiger partial charge in [-0.05, 0) is 44.9 Å². The van der Waals surface area contributed by atoms with Gasteiger partial charge in [-0.15, -0.1) is 0 Å². The molecule has 2 atom stereocenters. The second kappa shape index (κ2) is 6.42. The SMILES string of the molecule is CCC(NC(C)c1c(C)noc1C)c1cccc(Cl)c1. The third kappa shape index (κ3) is 3.22. The zero-order chi connectivity index (χ0) is 14.7. The number of aryl methyl sites for hydroxylation is 2. The molecule has 1 aromatic carbocycles. The van der Waals surface area contributed by atoms with E-state index in [-0.39, 0.29) is 12.1 Å². The van der Waals surface area contributed by atoms with E-state index in [0.29, 0.717) is 0 Å². The van der Waals surface area contributed by atoms with E-state index in [2.05, 4.69) is 30.4 Å². The quantitative estimate of drug-likeness (QED) is 0.864. The van der Waals surface area contributed by atoms with E-state index in [9.17, 15) is 0 Å². The van der Waals surface area contributed by atoms with Crippen LogP contribution < -0.4 is 5.32 Å². The lowest BCUT2D eigenvalue weighted by molar-refractivity contribution is 0.388. The van der Waals surface area contributed by atoms with Crippen LogP contribution in [0.2, 0.25) is 5.02 Å². The maximum absolute atomic E-state index is 6.08. The van der Waals surface area contributed by atoms with Crippen molar-refractivity contribution in [1.82, 2.24) is 10.5 Å². The Morgan fingerprint density at radius 1 is 1.35 bits per heavy atom. The first-order chi connectivity index (χ1) is 9.52. The van der Waals surface area contributed by atoms with Crippen molar-refractivity contribution in [2.45, 2.75) is 46.2 Å². The maximum Gasteiger partial charge on any atom is 0.138 e. The summed E-state index contributed by atoms with van der Waals surface area (Å²) in [6, 6.07) is 8.45. The van der Waals surface area contributed by atoms with Crippen molar-refractivity contribution in [2.24, 2.45) is 0 Å². The molecule has 3 nitrogen and oxygen atoms in total. The molecule has 0 spiro atoms. The van der Waals surface area contributed by atoms with Crippen molar-refractivity contribution >= 4 is 11.6 Å². The van der Waals surface area contributed by atoms with Gasteiger partial charge in [0.15, 0.2) is 0 Å². The molecular weight excluding hydrogens is 272 g/mol. The second-order valence-electron chi connectivity index (χ2n) is 5.14. The number of nitrogens with one attached hydrogen (secondary N) is 1. The molecule has 2 unspecified atom stereocenters. The molecule has 0 saturated heterocycles. The van der Waals surface area contributed by atoms with Gasteiger partial charge in [0.05, 0.1) is 5.69 Å². The van der Waals surface area contributed by atoms with E-state index in [1.807, 2.05) is 32.0 Å². The van der Waals surface area contributed by atoms with Gasteiger partial charge in [0, 0.05) is 22.7 Å². The van der Waals surface area contributed by atoms with Gasteiger partial charge in [-0.1, -0.05) is 35.8 Å². The van der Waals surface area contributed by atoms with Gasteiger partial charge in [0.25, 0.3) is 0 Å². The van der Waals surface area contributed by atoms with Crippen molar-refractivity contribution in [3.05, 3.63) is 51.9 Å². The average Bonchev–Trinajstić information content (AvgIpc) is 2.75. The van der Waals surface area contributed by atoms with Gasteiger partial charge < -0.3 is 9.84 Å². The monoisotopic (exact) mass is 292 g/mol. The van der Waals surface area contributed by atoms with E-state index >= 15 is 0 Å². The lowest BCUT2D eigenvalue weighted by Crippen LogP contribution is -2.25. The minimum absolute atomic E-state index is 0.185.